The first-order chi connectivity index (χ1) is 9.29. The highest BCUT2D eigenvalue weighted by molar-refractivity contribution is 8.13. The topological polar surface area (TPSA) is 91.3 Å². The van der Waals surface area contributed by atoms with Crippen LogP contribution in [0.4, 0.5) is 11.4 Å². The summed E-state index contributed by atoms with van der Waals surface area (Å²) in [5.41, 5.74) is 0.848. The summed E-state index contributed by atoms with van der Waals surface area (Å²) in [4.78, 5) is 14.8. The van der Waals surface area contributed by atoms with Gasteiger partial charge in [0.25, 0.3) is 5.69 Å². The Morgan fingerprint density at radius 2 is 2.15 bits per heavy atom. The third kappa shape index (κ3) is 3.96. The number of nitriles is 1. The average molecular weight is 292 g/mol. The largest absolute Gasteiger partial charge is 0.295 e. The predicted molar refractivity (Wildman–Crippen MR) is 81.2 cm³/mol. The van der Waals surface area contributed by atoms with Crippen LogP contribution >= 0.6 is 11.8 Å². The Labute approximate surface area is 122 Å². The fourth-order valence-corrected chi connectivity index (χ4v) is 1.85. The molecule has 7 heteroatoms. The predicted octanol–water partition coefficient (Wildman–Crippen LogP) is 3.31. The van der Waals surface area contributed by atoms with Gasteiger partial charge in [-0.3, -0.25) is 15.4 Å². The van der Waals surface area contributed by atoms with Crippen molar-refractivity contribution in [1.82, 2.24) is 5.32 Å². The molecule has 0 unspecified atom stereocenters. The molecule has 0 atom stereocenters. The number of hydrogen-bond acceptors (Lipinski definition) is 5. The summed E-state index contributed by atoms with van der Waals surface area (Å²) in [6, 6.07) is 4.95. The van der Waals surface area contributed by atoms with E-state index in [4.69, 9.17) is 5.26 Å². The van der Waals surface area contributed by atoms with Gasteiger partial charge in [-0.15, -0.1) is 0 Å². The Morgan fingerprint density at radius 1 is 1.50 bits per heavy atom. The fourth-order valence-electron chi connectivity index (χ4n) is 1.51. The van der Waals surface area contributed by atoms with Crippen molar-refractivity contribution in [3.05, 3.63) is 33.9 Å². The van der Waals surface area contributed by atoms with E-state index in [0.717, 1.165) is 5.56 Å². The zero-order chi connectivity index (χ0) is 15.3. The van der Waals surface area contributed by atoms with Gasteiger partial charge in [0.15, 0.2) is 11.4 Å². The van der Waals surface area contributed by atoms with Gasteiger partial charge in [-0.05, 0) is 23.3 Å². The van der Waals surface area contributed by atoms with Crippen molar-refractivity contribution in [1.29, 1.82) is 5.26 Å². The lowest BCUT2D eigenvalue weighted by Gasteiger charge is -2.18. The Kier molecular flexibility index (Phi) is 5.11. The summed E-state index contributed by atoms with van der Waals surface area (Å²) in [6.07, 6.45) is 3.49. The van der Waals surface area contributed by atoms with Crippen LogP contribution in [0.3, 0.4) is 0 Å². The van der Waals surface area contributed by atoms with E-state index in [2.05, 4.69) is 10.3 Å². The molecule has 0 fully saturated rings. The van der Waals surface area contributed by atoms with Gasteiger partial charge in [0.1, 0.15) is 5.69 Å². The van der Waals surface area contributed by atoms with Crippen LogP contribution in [0.25, 0.3) is 0 Å². The van der Waals surface area contributed by atoms with Gasteiger partial charge in [0.05, 0.1) is 4.92 Å². The maximum atomic E-state index is 11.2. The van der Waals surface area contributed by atoms with Crippen molar-refractivity contribution in [3.63, 3.8) is 0 Å². The molecule has 0 saturated carbocycles. The second-order valence-corrected chi connectivity index (χ2v) is 5.86. The zero-order valence-corrected chi connectivity index (χ0v) is 12.6. The van der Waals surface area contributed by atoms with Crippen LogP contribution < -0.4 is 5.32 Å². The van der Waals surface area contributed by atoms with E-state index in [1.54, 1.807) is 18.5 Å². The number of hydrogen-bond donors (Lipinski definition) is 1. The van der Waals surface area contributed by atoms with Crippen molar-refractivity contribution in [2.24, 2.45) is 4.99 Å². The quantitative estimate of drug-likeness (QED) is 0.225. The SMILES string of the molecule is CSC(=Nc1ccc(C(C)(C)C)cc1[N+](=O)[O-])NC#N. The number of rotatable bonds is 2. The molecule has 1 aromatic carbocycles. The summed E-state index contributed by atoms with van der Waals surface area (Å²) in [5.74, 6) is 0. The molecule has 0 amide bonds. The van der Waals surface area contributed by atoms with Crippen molar-refractivity contribution < 1.29 is 4.92 Å². The van der Waals surface area contributed by atoms with Crippen LogP contribution in [0, 0.1) is 21.6 Å². The summed E-state index contributed by atoms with van der Waals surface area (Å²) >= 11 is 1.21. The average Bonchev–Trinajstić information content (AvgIpc) is 2.36. The number of nitrogens with one attached hydrogen (secondary N) is 1. The first-order valence-electron chi connectivity index (χ1n) is 5.86. The van der Waals surface area contributed by atoms with E-state index >= 15 is 0 Å². The molecule has 0 aliphatic carbocycles. The molecule has 0 heterocycles. The van der Waals surface area contributed by atoms with Crippen LogP contribution in [0.1, 0.15) is 26.3 Å². The summed E-state index contributed by atoms with van der Waals surface area (Å²) in [7, 11) is 0. The monoisotopic (exact) mass is 292 g/mol. The standard InChI is InChI=1S/C13H16N4O2S/c1-13(2,3)9-5-6-10(11(7-9)17(18)19)16-12(20-4)15-8-14/h5-7H,1-4H3,(H,15,16). The molecular weight excluding hydrogens is 276 g/mol. The van der Waals surface area contributed by atoms with Gasteiger partial charge in [0, 0.05) is 6.07 Å². The van der Waals surface area contributed by atoms with E-state index < -0.39 is 4.92 Å². The Morgan fingerprint density at radius 3 is 2.60 bits per heavy atom. The molecule has 0 aliphatic heterocycles. The van der Waals surface area contributed by atoms with Crippen LogP contribution in [0.15, 0.2) is 23.2 Å². The van der Waals surface area contributed by atoms with Gasteiger partial charge >= 0.3 is 0 Å². The van der Waals surface area contributed by atoms with Gasteiger partial charge in [-0.1, -0.05) is 38.6 Å². The second-order valence-electron chi connectivity index (χ2n) is 5.07. The smallest absolute Gasteiger partial charge is 0.271 e. The lowest BCUT2D eigenvalue weighted by molar-refractivity contribution is -0.384. The highest BCUT2D eigenvalue weighted by atomic mass is 32.2. The molecule has 0 spiro atoms. The molecular formula is C13H16N4O2S. The van der Waals surface area contributed by atoms with Gasteiger partial charge in [-0.2, -0.15) is 5.26 Å². The minimum Gasteiger partial charge on any atom is -0.271 e. The van der Waals surface area contributed by atoms with E-state index in [0.29, 0.717) is 5.17 Å². The number of thioether (sulfide) groups is 1. The number of amidine groups is 1. The van der Waals surface area contributed by atoms with Crippen LogP contribution in [-0.4, -0.2) is 16.3 Å². The molecule has 0 radical (unpaired) electrons. The van der Waals surface area contributed by atoms with Crippen molar-refractivity contribution in [2.75, 3.05) is 6.26 Å². The maximum Gasteiger partial charge on any atom is 0.295 e. The van der Waals surface area contributed by atoms with Gasteiger partial charge in [-0.25, -0.2) is 4.99 Å². The summed E-state index contributed by atoms with van der Waals surface area (Å²) < 4.78 is 0. The van der Waals surface area contributed by atoms with Crippen molar-refractivity contribution in [3.8, 4) is 6.19 Å². The molecule has 0 aliphatic rings. The van der Waals surface area contributed by atoms with Crippen LogP contribution in [0.5, 0.6) is 0 Å². The number of nitro groups is 1. The van der Waals surface area contributed by atoms with Crippen molar-refractivity contribution in [2.45, 2.75) is 26.2 Å². The van der Waals surface area contributed by atoms with Crippen molar-refractivity contribution >= 4 is 28.3 Å². The third-order valence-electron chi connectivity index (χ3n) is 2.62. The Bertz CT molecular complexity index is 585. The molecule has 6 nitrogen and oxygen atoms in total. The third-order valence-corrected chi connectivity index (χ3v) is 3.20. The lowest BCUT2D eigenvalue weighted by Crippen LogP contribution is -2.13. The summed E-state index contributed by atoms with van der Waals surface area (Å²) in [5, 5.41) is 22.5. The van der Waals surface area contributed by atoms with E-state index in [1.807, 2.05) is 26.8 Å². The fraction of sp³-hybridized carbons (Fsp3) is 0.385. The number of nitro benzene ring substituents is 1. The number of nitrogens with zero attached hydrogens (tertiary/aromatic N) is 3. The lowest BCUT2D eigenvalue weighted by atomic mass is 9.86. The van der Waals surface area contributed by atoms with E-state index in [9.17, 15) is 10.1 Å². The molecule has 106 valence electrons. The normalized spacial score (nSPS) is 11.8. The first kappa shape index (κ1) is 16.0. The summed E-state index contributed by atoms with van der Waals surface area (Å²) in [6.45, 7) is 5.96. The molecule has 0 saturated heterocycles. The molecule has 0 aromatic heterocycles. The Hall–Kier alpha value is -2.07. The molecule has 1 rings (SSSR count). The molecule has 1 aromatic rings. The first-order valence-corrected chi connectivity index (χ1v) is 7.08. The number of aliphatic imine (C=N–C) groups is 1. The number of benzene rings is 1. The minimum atomic E-state index is -0.460. The van der Waals surface area contributed by atoms with Gasteiger partial charge in [0.2, 0.25) is 0 Å². The molecule has 1 N–H and O–H groups in total. The maximum absolute atomic E-state index is 11.2. The van der Waals surface area contributed by atoms with Crippen LogP contribution in [0.2, 0.25) is 0 Å². The van der Waals surface area contributed by atoms with E-state index in [-0.39, 0.29) is 16.8 Å². The highest BCUT2D eigenvalue weighted by Gasteiger charge is 2.20. The molecule has 20 heavy (non-hydrogen) atoms. The van der Waals surface area contributed by atoms with Crippen LogP contribution in [-0.2, 0) is 5.41 Å². The highest BCUT2D eigenvalue weighted by Crippen LogP contribution is 2.33. The Balaban J connectivity index is 3.35. The zero-order valence-electron chi connectivity index (χ0n) is 11.8. The minimum absolute atomic E-state index is 0.0660. The molecule has 0 bridgehead atoms. The van der Waals surface area contributed by atoms with Gasteiger partial charge < -0.3 is 0 Å². The second kappa shape index (κ2) is 6.39. The van der Waals surface area contributed by atoms with E-state index in [1.165, 1.54) is 17.8 Å².